The maximum Gasteiger partial charge on any atom is 0.257 e. The molecule has 1 saturated heterocycles. The first-order chi connectivity index (χ1) is 9.20. The van der Waals surface area contributed by atoms with Crippen molar-refractivity contribution < 1.29 is 4.52 Å². The molecule has 0 amide bonds. The van der Waals surface area contributed by atoms with Crippen molar-refractivity contribution in [1.82, 2.24) is 15.0 Å². The lowest BCUT2D eigenvalue weighted by Gasteiger charge is -2.11. The average molecular weight is 258 g/mol. The molecule has 0 spiro atoms. The van der Waals surface area contributed by atoms with Crippen LogP contribution in [0.25, 0.3) is 11.5 Å². The summed E-state index contributed by atoms with van der Waals surface area (Å²) < 4.78 is 5.32. The van der Waals surface area contributed by atoms with Crippen molar-refractivity contribution in [1.29, 1.82) is 0 Å². The fraction of sp³-hybridized carbons (Fsp3) is 0.429. The number of aromatic nitrogens is 2. The molecule has 0 aliphatic carbocycles. The molecule has 1 aromatic carbocycles. The van der Waals surface area contributed by atoms with Gasteiger partial charge in [0.2, 0.25) is 0 Å². The second-order valence-electron chi connectivity index (χ2n) is 5.17. The summed E-state index contributed by atoms with van der Waals surface area (Å²) in [6.45, 7) is 4.68. The number of likely N-dealkylation sites (tertiary alicyclic amines) is 1. The lowest BCUT2D eigenvalue weighted by molar-refractivity contribution is 0.309. The Bertz CT molecular complexity index is 566. The Labute approximate surface area is 112 Å². The number of hydrogen-bond donors (Lipinski definition) is 1. The van der Waals surface area contributed by atoms with Gasteiger partial charge in [-0.25, -0.2) is 0 Å². The van der Waals surface area contributed by atoms with Gasteiger partial charge in [0.15, 0.2) is 5.82 Å². The zero-order valence-electron chi connectivity index (χ0n) is 11.0. The Balaban J connectivity index is 1.73. The summed E-state index contributed by atoms with van der Waals surface area (Å²) in [4.78, 5) is 6.71. The van der Waals surface area contributed by atoms with Gasteiger partial charge in [-0.15, -0.1) is 0 Å². The summed E-state index contributed by atoms with van der Waals surface area (Å²) in [5.74, 6) is 1.31. The first kappa shape index (κ1) is 12.3. The summed E-state index contributed by atoms with van der Waals surface area (Å²) in [5.41, 5.74) is 8.04. The van der Waals surface area contributed by atoms with Crippen molar-refractivity contribution in [3.05, 3.63) is 35.7 Å². The van der Waals surface area contributed by atoms with Gasteiger partial charge in [0.05, 0.1) is 6.54 Å². The van der Waals surface area contributed by atoms with Crippen molar-refractivity contribution in [3.8, 4) is 11.5 Å². The minimum Gasteiger partial charge on any atom is -0.334 e. The normalized spacial score (nSPS) is 20.0. The topological polar surface area (TPSA) is 68.2 Å². The Morgan fingerprint density at radius 3 is 3.11 bits per heavy atom. The van der Waals surface area contributed by atoms with Crippen LogP contribution >= 0.6 is 0 Å². The highest BCUT2D eigenvalue weighted by Crippen LogP contribution is 2.19. The molecule has 1 aliphatic heterocycles. The van der Waals surface area contributed by atoms with Crippen LogP contribution in [0.3, 0.4) is 0 Å². The third-order valence-corrected chi connectivity index (χ3v) is 3.41. The number of rotatable bonds is 3. The molecule has 5 nitrogen and oxygen atoms in total. The monoisotopic (exact) mass is 258 g/mol. The second-order valence-corrected chi connectivity index (χ2v) is 5.17. The van der Waals surface area contributed by atoms with E-state index in [2.05, 4.69) is 15.0 Å². The van der Waals surface area contributed by atoms with Crippen LogP contribution in [0.1, 0.15) is 17.8 Å². The van der Waals surface area contributed by atoms with Crippen LogP contribution in [0, 0.1) is 6.92 Å². The third-order valence-electron chi connectivity index (χ3n) is 3.41. The highest BCUT2D eigenvalue weighted by Gasteiger charge is 2.21. The third kappa shape index (κ3) is 2.83. The fourth-order valence-electron chi connectivity index (χ4n) is 2.42. The molecule has 5 heteroatoms. The van der Waals surface area contributed by atoms with Gasteiger partial charge in [-0.3, -0.25) is 4.90 Å². The van der Waals surface area contributed by atoms with Gasteiger partial charge < -0.3 is 10.3 Å². The number of benzene rings is 1. The molecule has 19 heavy (non-hydrogen) atoms. The average Bonchev–Trinajstić information content (AvgIpc) is 2.99. The van der Waals surface area contributed by atoms with Gasteiger partial charge in [0.1, 0.15) is 0 Å². The lowest BCUT2D eigenvalue weighted by Crippen LogP contribution is -2.26. The zero-order valence-corrected chi connectivity index (χ0v) is 11.0. The molecule has 0 bridgehead atoms. The Hall–Kier alpha value is -1.72. The van der Waals surface area contributed by atoms with Crippen LogP contribution in [-0.2, 0) is 6.54 Å². The summed E-state index contributed by atoms with van der Waals surface area (Å²) >= 11 is 0. The number of hydrogen-bond acceptors (Lipinski definition) is 5. The van der Waals surface area contributed by atoms with E-state index in [-0.39, 0.29) is 6.04 Å². The van der Waals surface area contributed by atoms with E-state index in [9.17, 15) is 0 Å². The van der Waals surface area contributed by atoms with Crippen LogP contribution in [0.15, 0.2) is 28.8 Å². The van der Waals surface area contributed by atoms with Crippen LogP contribution in [0.4, 0.5) is 0 Å². The maximum absolute atomic E-state index is 5.89. The van der Waals surface area contributed by atoms with Gasteiger partial charge in [0.25, 0.3) is 5.89 Å². The smallest absolute Gasteiger partial charge is 0.257 e. The molecule has 100 valence electrons. The van der Waals surface area contributed by atoms with Crippen molar-refractivity contribution in [2.75, 3.05) is 13.1 Å². The van der Waals surface area contributed by atoms with E-state index in [1.54, 1.807) is 0 Å². The number of aryl methyl sites for hydroxylation is 1. The molecule has 1 atom stereocenters. The number of nitrogens with two attached hydrogens (primary N) is 1. The van der Waals surface area contributed by atoms with Gasteiger partial charge in [0, 0.05) is 24.7 Å². The quantitative estimate of drug-likeness (QED) is 0.905. The van der Waals surface area contributed by atoms with Crippen molar-refractivity contribution >= 4 is 0 Å². The van der Waals surface area contributed by atoms with Gasteiger partial charge in [-0.05, 0) is 25.5 Å². The van der Waals surface area contributed by atoms with Crippen LogP contribution in [0.2, 0.25) is 0 Å². The largest absolute Gasteiger partial charge is 0.334 e. The van der Waals surface area contributed by atoms with E-state index in [1.807, 2.05) is 31.2 Å². The van der Waals surface area contributed by atoms with E-state index < -0.39 is 0 Å². The molecule has 1 aliphatic rings. The van der Waals surface area contributed by atoms with Gasteiger partial charge >= 0.3 is 0 Å². The van der Waals surface area contributed by atoms with E-state index in [4.69, 9.17) is 10.3 Å². The van der Waals surface area contributed by atoms with Crippen LogP contribution in [-0.4, -0.2) is 34.2 Å². The summed E-state index contributed by atoms with van der Waals surface area (Å²) in [5, 5.41) is 4.04. The molecule has 3 rings (SSSR count). The molecule has 0 unspecified atom stereocenters. The molecule has 0 radical (unpaired) electrons. The predicted molar refractivity (Wildman–Crippen MR) is 72.3 cm³/mol. The molecule has 1 aromatic heterocycles. The summed E-state index contributed by atoms with van der Waals surface area (Å²) in [6, 6.07) is 8.35. The van der Waals surface area contributed by atoms with Crippen molar-refractivity contribution in [3.63, 3.8) is 0 Å². The molecular formula is C14H18N4O. The maximum atomic E-state index is 5.89. The summed E-state index contributed by atoms with van der Waals surface area (Å²) in [7, 11) is 0. The molecule has 1 fully saturated rings. The summed E-state index contributed by atoms with van der Waals surface area (Å²) in [6.07, 6.45) is 1.04. The minimum absolute atomic E-state index is 0.281. The second kappa shape index (κ2) is 5.11. The van der Waals surface area contributed by atoms with E-state index in [0.717, 1.165) is 30.9 Å². The Morgan fingerprint density at radius 2 is 2.37 bits per heavy atom. The van der Waals surface area contributed by atoms with Crippen LogP contribution in [0.5, 0.6) is 0 Å². The first-order valence-electron chi connectivity index (χ1n) is 6.58. The van der Waals surface area contributed by atoms with E-state index in [0.29, 0.717) is 12.4 Å². The Morgan fingerprint density at radius 1 is 1.47 bits per heavy atom. The number of nitrogens with zero attached hydrogens (tertiary/aromatic N) is 3. The van der Waals surface area contributed by atoms with Crippen LogP contribution < -0.4 is 5.73 Å². The fourth-order valence-corrected chi connectivity index (χ4v) is 2.42. The highest BCUT2D eigenvalue weighted by molar-refractivity contribution is 5.53. The molecule has 2 aromatic rings. The van der Waals surface area contributed by atoms with Gasteiger partial charge in [-0.1, -0.05) is 22.9 Å². The predicted octanol–water partition coefficient (Wildman–Crippen LogP) is 1.58. The van der Waals surface area contributed by atoms with Crippen molar-refractivity contribution in [2.24, 2.45) is 5.73 Å². The zero-order chi connectivity index (χ0) is 13.2. The Kier molecular flexibility index (Phi) is 3.31. The SMILES string of the molecule is Cc1cccc(-c2nc(CN3CC[C@@H](N)C3)no2)c1. The van der Waals surface area contributed by atoms with Crippen molar-refractivity contribution in [2.45, 2.75) is 25.9 Å². The highest BCUT2D eigenvalue weighted by atomic mass is 16.5. The lowest BCUT2D eigenvalue weighted by atomic mass is 10.1. The molecular weight excluding hydrogens is 240 g/mol. The minimum atomic E-state index is 0.281. The van der Waals surface area contributed by atoms with E-state index >= 15 is 0 Å². The molecule has 2 heterocycles. The first-order valence-corrected chi connectivity index (χ1v) is 6.58. The molecule has 0 saturated carbocycles. The van der Waals surface area contributed by atoms with E-state index in [1.165, 1.54) is 5.56 Å². The molecule has 2 N–H and O–H groups in total. The standard InChI is InChI=1S/C14H18N4O/c1-10-3-2-4-11(7-10)14-16-13(17-19-14)9-18-6-5-12(15)8-18/h2-4,7,12H,5-6,8-9,15H2,1H3/t12-/m1/s1. The van der Waals surface area contributed by atoms with Gasteiger partial charge in [-0.2, -0.15) is 4.98 Å².